The number of alkyl halides is 6. The summed E-state index contributed by atoms with van der Waals surface area (Å²) in [5.41, 5.74) is 5.63. The van der Waals surface area contributed by atoms with Crippen LogP contribution in [0.3, 0.4) is 0 Å². The maximum atomic E-state index is 12.9. The highest BCUT2D eigenvalue weighted by Crippen LogP contribution is 2.36. The number of thioether (sulfide) groups is 1. The largest absolute Gasteiger partial charge is 0.433 e. The molecule has 13 heteroatoms. The van der Waals surface area contributed by atoms with Crippen LogP contribution in [-0.4, -0.2) is 41.3 Å². The molecule has 0 saturated heterocycles. The number of nitrogens with zero attached hydrogens (tertiary/aromatic N) is 2. The van der Waals surface area contributed by atoms with Gasteiger partial charge < -0.3 is 16.0 Å². The van der Waals surface area contributed by atoms with Gasteiger partial charge in [-0.1, -0.05) is 6.07 Å². The summed E-state index contributed by atoms with van der Waals surface area (Å²) in [5, 5.41) is 2.41. The number of pyridine rings is 1. The molecule has 2 aromatic rings. The third kappa shape index (κ3) is 6.63. The van der Waals surface area contributed by atoms with E-state index in [1.54, 1.807) is 6.07 Å². The summed E-state index contributed by atoms with van der Waals surface area (Å²) >= 11 is 1.28. The molecule has 6 nitrogen and oxygen atoms in total. The van der Waals surface area contributed by atoms with Crippen LogP contribution in [0.5, 0.6) is 0 Å². The highest BCUT2D eigenvalue weighted by molar-refractivity contribution is 7.99. The third-order valence-electron chi connectivity index (χ3n) is 4.89. The predicted molar refractivity (Wildman–Crippen MR) is 113 cm³/mol. The van der Waals surface area contributed by atoms with Crippen LogP contribution < -0.4 is 16.0 Å². The summed E-state index contributed by atoms with van der Waals surface area (Å²) in [4.78, 5) is 30.6. The Kier molecular flexibility index (Phi) is 7.76. The van der Waals surface area contributed by atoms with Gasteiger partial charge in [-0.3, -0.25) is 14.6 Å². The van der Waals surface area contributed by atoms with Gasteiger partial charge in [0.2, 0.25) is 5.91 Å². The predicted octanol–water partition coefficient (Wildman–Crippen LogP) is 4.14. The zero-order chi connectivity index (χ0) is 25.1. The topological polar surface area (TPSA) is 88.3 Å². The van der Waals surface area contributed by atoms with Crippen molar-refractivity contribution in [2.24, 2.45) is 5.73 Å². The van der Waals surface area contributed by atoms with E-state index in [1.807, 2.05) is 0 Å². The fraction of sp³-hybridized carbons (Fsp3) is 0.381. The molecule has 0 unspecified atom stereocenters. The molecule has 0 fully saturated rings. The van der Waals surface area contributed by atoms with E-state index in [0.717, 1.165) is 12.3 Å². The van der Waals surface area contributed by atoms with Crippen molar-refractivity contribution in [2.75, 3.05) is 17.2 Å². The number of amides is 2. The highest BCUT2D eigenvalue weighted by Gasteiger charge is 2.33. The molecule has 0 radical (unpaired) electrons. The molecule has 2 amide bonds. The van der Waals surface area contributed by atoms with Gasteiger partial charge in [0.25, 0.3) is 5.91 Å². The van der Waals surface area contributed by atoms with Crippen LogP contribution in [0.25, 0.3) is 0 Å². The summed E-state index contributed by atoms with van der Waals surface area (Å²) in [7, 11) is 0. The number of aromatic nitrogens is 1. The summed E-state index contributed by atoms with van der Waals surface area (Å²) in [6.07, 6.45) is -9.23. The van der Waals surface area contributed by atoms with E-state index in [9.17, 15) is 35.9 Å². The SMILES string of the molecule is N[C@H]1CSc2ccc(C(=O)NCCCC(F)(F)F)cc2N(Cc2ccc(C(F)(F)F)nc2)C1=O. The summed E-state index contributed by atoms with van der Waals surface area (Å²) in [5.74, 6) is -0.864. The molecule has 0 saturated carbocycles. The number of carbonyl (C=O) groups is 2. The monoisotopic (exact) mass is 506 g/mol. The van der Waals surface area contributed by atoms with Crippen molar-refractivity contribution in [3.63, 3.8) is 0 Å². The Hall–Kier alpha value is -2.80. The molecule has 1 aromatic heterocycles. The fourth-order valence-corrected chi connectivity index (χ4v) is 4.17. The molecule has 3 rings (SSSR count). The van der Waals surface area contributed by atoms with Gasteiger partial charge in [-0.15, -0.1) is 11.8 Å². The zero-order valence-corrected chi connectivity index (χ0v) is 18.4. The van der Waals surface area contributed by atoms with Gasteiger partial charge in [-0.2, -0.15) is 26.3 Å². The molecule has 0 spiro atoms. The third-order valence-corrected chi connectivity index (χ3v) is 6.07. The first-order valence-corrected chi connectivity index (χ1v) is 11.0. The quantitative estimate of drug-likeness (QED) is 0.454. The van der Waals surface area contributed by atoms with Crippen LogP contribution in [0, 0.1) is 0 Å². The number of anilines is 1. The van der Waals surface area contributed by atoms with Crippen LogP contribution in [0.2, 0.25) is 0 Å². The molecule has 184 valence electrons. The number of halogens is 6. The van der Waals surface area contributed by atoms with Gasteiger partial charge in [0.05, 0.1) is 18.3 Å². The Labute approximate surface area is 194 Å². The average molecular weight is 506 g/mol. The van der Waals surface area contributed by atoms with E-state index in [1.165, 1.54) is 34.9 Å². The van der Waals surface area contributed by atoms with E-state index in [2.05, 4.69) is 10.3 Å². The van der Waals surface area contributed by atoms with Crippen molar-refractivity contribution < 1.29 is 35.9 Å². The van der Waals surface area contributed by atoms with E-state index in [4.69, 9.17) is 5.73 Å². The smallest absolute Gasteiger partial charge is 0.352 e. The number of nitrogens with two attached hydrogens (primary N) is 1. The van der Waals surface area contributed by atoms with Gasteiger partial charge in [0.15, 0.2) is 0 Å². The summed E-state index contributed by atoms with van der Waals surface area (Å²) in [6, 6.07) is 5.59. The number of benzene rings is 1. The molecular formula is C21H20F6N4O2S. The number of nitrogens with one attached hydrogen (secondary N) is 1. The Morgan fingerprint density at radius 1 is 1.18 bits per heavy atom. The second-order valence-corrected chi connectivity index (χ2v) is 8.61. The molecule has 34 heavy (non-hydrogen) atoms. The molecule has 0 bridgehead atoms. The maximum Gasteiger partial charge on any atom is 0.433 e. The van der Waals surface area contributed by atoms with Crippen molar-refractivity contribution in [1.29, 1.82) is 0 Å². The van der Waals surface area contributed by atoms with E-state index in [-0.39, 0.29) is 30.8 Å². The van der Waals surface area contributed by atoms with Crippen LogP contribution in [0.4, 0.5) is 32.0 Å². The molecule has 3 N–H and O–H groups in total. The number of fused-ring (bicyclic) bond motifs is 1. The van der Waals surface area contributed by atoms with Crippen molar-refractivity contribution in [2.45, 2.75) is 42.7 Å². The molecular weight excluding hydrogens is 486 g/mol. The number of carbonyl (C=O) groups excluding carboxylic acids is 2. The van der Waals surface area contributed by atoms with Crippen molar-refractivity contribution in [1.82, 2.24) is 10.3 Å². The van der Waals surface area contributed by atoms with Gasteiger partial charge in [0.1, 0.15) is 5.69 Å². The molecule has 1 aliphatic heterocycles. The lowest BCUT2D eigenvalue weighted by Gasteiger charge is -2.25. The minimum Gasteiger partial charge on any atom is -0.352 e. The number of hydrogen-bond acceptors (Lipinski definition) is 5. The first-order valence-electron chi connectivity index (χ1n) is 10.1. The molecule has 1 atom stereocenters. The molecule has 1 aromatic carbocycles. The van der Waals surface area contributed by atoms with Crippen LogP contribution in [0.1, 0.15) is 34.5 Å². The second kappa shape index (κ2) is 10.2. The normalized spacial score (nSPS) is 16.7. The van der Waals surface area contributed by atoms with Crippen molar-refractivity contribution in [3.05, 3.63) is 53.3 Å². The van der Waals surface area contributed by atoms with E-state index >= 15 is 0 Å². The minimum atomic E-state index is -4.61. The standard InChI is InChI=1S/C21H20F6N4O2S/c22-20(23,24)6-1-7-29-18(32)13-3-4-16-15(8-13)31(19(33)14(28)11-34-16)10-12-2-5-17(30-9-12)21(25,26)27/h2-5,8-9,14H,1,6-7,10-11,28H2,(H,29,32)/t14-/m0/s1. The molecule has 1 aliphatic rings. The summed E-state index contributed by atoms with van der Waals surface area (Å²) < 4.78 is 75.2. The Bertz CT molecular complexity index is 1040. The average Bonchev–Trinajstić information content (AvgIpc) is 2.87. The van der Waals surface area contributed by atoms with E-state index in [0.29, 0.717) is 16.1 Å². The van der Waals surface area contributed by atoms with E-state index < -0.39 is 42.3 Å². The lowest BCUT2D eigenvalue weighted by atomic mass is 10.1. The first-order chi connectivity index (χ1) is 15.8. The highest BCUT2D eigenvalue weighted by atomic mass is 32.2. The molecule has 2 heterocycles. The number of rotatable bonds is 6. The van der Waals surface area contributed by atoms with Gasteiger partial charge in [0, 0.05) is 35.4 Å². The fourth-order valence-electron chi connectivity index (χ4n) is 3.19. The van der Waals surface area contributed by atoms with Gasteiger partial charge in [-0.05, 0) is 36.2 Å². The Morgan fingerprint density at radius 2 is 1.91 bits per heavy atom. The first kappa shape index (κ1) is 25.8. The molecule has 0 aliphatic carbocycles. The summed E-state index contributed by atoms with van der Waals surface area (Å²) in [6.45, 7) is -0.323. The van der Waals surface area contributed by atoms with Gasteiger partial charge in [-0.25, -0.2) is 0 Å². The zero-order valence-electron chi connectivity index (χ0n) is 17.5. The van der Waals surface area contributed by atoms with Crippen LogP contribution in [-0.2, 0) is 17.5 Å². The Morgan fingerprint density at radius 3 is 2.53 bits per heavy atom. The number of hydrogen-bond donors (Lipinski definition) is 2. The Balaban J connectivity index is 1.82. The van der Waals surface area contributed by atoms with Crippen molar-refractivity contribution in [3.8, 4) is 0 Å². The van der Waals surface area contributed by atoms with Crippen molar-refractivity contribution >= 4 is 29.3 Å². The van der Waals surface area contributed by atoms with Crippen LogP contribution in [0.15, 0.2) is 41.4 Å². The lowest BCUT2D eigenvalue weighted by molar-refractivity contribution is -0.141. The lowest BCUT2D eigenvalue weighted by Crippen LogP contribution is -2.44. The second-order valence-electron chi connectivity index (χ2n) is 7.55. The minimum absolute atomic E-state index is 0.116. The van der Waals surface area contributed by atoms with Crippen LogP contribution >= 0.6 is 11.8 Å². The maximum absolute atomic E-state index is 12.9. The van der Waals surface area contributed by atoms with Gasteiger partial charge >= 0.3 is 12.4 Å².